The fourth-order valence-electron chi connectivity index (χ4n) is 4.52. The third-order valence-corrected chi connectivity index (χ3v) is 5.89. The maximum absolute atomic E-state index is 13.7. The standard InChI is InChI=1S/C25H28FN3O3/c1-25(2)14-19-22(21(30)15-25)23(16-8-10-17(26)11-9-16)29(24(31)27-12-13-32-3)20-7-5-4-6-18(20)28-19/h4-11,23,28H,12-15H2,1-3H3,(H,27,31)/t23-/m0/s1. The van der Waals surface area contributed by atoms with Crippen LogP contribution in [0.1, 0.15) is 38.3 Å². The lowest BCUT2D eigenvalue weighted by Crippen LogP contribution is -2.45. The highest BCUT2D eigenvalue weighted by Gasteiger charge is 2.43. The Morgan fingerprint density at radius 1 is 1.19 bits per heavy atom. The number of carbonyl (C=O) groups excluding carboxylic acids is 2. The van der Waals surface area contributed by atoms with Gasteiger partial charge in [0.05, 0.1) is 24.0 Å². The number of allylic oxidation sites excluding steroid dienone is 1. The van der Waals surface area contributed by atoms with Gasteiger partial charge in [0.15, 0.2) is 5.78 Å². The molecule has 0 bridgehead atoms. The van der Waals surface area contributed by atoms with Crippen molar-refractivity contribution in [3.63, 3.8) is 0 Å². The number of Topliss-reactive ketones (excluding diaryl/α,β-unsaturated/α-hetero) is 1. The number of nitrogens with zero attached hydrogens (tertiary/aromatic N) is 1. The van der Waals surface area contributed by atoms with E-state index in [9.17, 15) is 14.0 Å². The van der Waals surface area contributed by atoms with Crippen LogP contribution in [0.25, 0.3) is 0 Å². The van der Waals surface area contributed by atoms with E-state index in [4.69, 9.17) is 4.74 Å². The Balaban J connectivity index is 1.92. The van der Waals surface area contributed by atoms with Gasteiger partial charge >= 0.3 is 6.03 Å². The third kappa shape index (κ3) is 4.25. The second-order valence-electron chi connectivity index (χ2n) is 9.02. The van der Waals surface area contributed by atoms with Gasteiger partial charge in [-0.05, 0) is 41.7 Å². The normalized spacial score (nSPS) is 19.6. The van der Waals surface area contributed by atoms with E-state index >= 15 is 0 Å². The van der Waals surface area contributed by atoms with Crippen molar-refractivity contribution in [2.45, 2.75) is 32.7 Å². The summed E-state index contributed by atoms with van der Waals surface area (Å²) in [4.78, 5) is 28.5. The van der Waals surface area contributed by atoms with E-state index in [1.165, 1.54) is 12.1 Å². The molecule has 7 heteroatoms. The number of carbonyl (C=O) groups is 2. The van der Waals surface area contributed by atoms with Gasteiger partial charge in [0.1, 0.15) is 5.82 Å². The number of methoxy groups -OCH3 is 1. The molecule has 0 spiro atoms. The zero-order valence-electron chi connectivity index (χ0n) is 18.6. The second kappa shape index (κ2) is 8.74. The van der Waals surface area contributed by atoms with Gasteiger partial charge in [-0.1, -0.05) is 38.1 Å². The largest absolute Gasteiger partial charge is 0.383 e. The average Bonchev–Trinajstić information content (AvgIpc) is 2.88. The first kappa shape index (κ1) is 22.0. The van der Waals surface area contributed by atoms with E-state index < -0.39 is 6.04 Å². The summed E-state index contributed by atoms with van der Waals surface area (Å²) in [5.74, 6) is -0.386. The summed E-state index contributed by atoms with van der Waals surface area (Å²) in [6.45, 7) is 4.82. The maximum atomic E-state index is 13.7. The first-order valence-electron chi connectivity index (χ1n) is 10.7. The molecular weight excluding hydrogens is 409 g/mol. The van der Waals surface area contributed by atoms with Gasteiger partial charge < -0.3 is 15.4 Å². The topological polar surface area (TPSA) is 70.7 Å². The summed E-state index contributed by atoms with van der Waals surface area (Å²) >= 11 is 0. The first-order chi connectivity index (χ1) is 15.3. The third-order valence-electron chi connectivity index (χ3n) is 5.89. The Kier molecular flexibility index (Phi) is 6.02. The van der Waals surface area contributed by atoms with Crippen LogP contribution in [-0.4, -0.2) is 32.1 Å². The van der Waals surface area contributed by atoms with E-state index in [0.717, 1.165) is 11.4 Å². The van der Waals surface area contributed by atoms with Gasteiger partial charge in [-0.3, -0.25) is 9.69 Å². The lowest BCUT2D eigenvalue weighted by Gasteiger charge is -2.37. The number of fused-ring (bicyclic) bond motifs is 1. The SMILES string of the molecule is COCCNC(=O)N1c2ccccc2NC2=C(C(=O)CC(C)(C)C2)[C@@H]1c1ccc(F)cc1. The second-order valence-corrected chi connectivity index (χ2v) is 9.02. The van der Waals surface area contributed by atoms with E-state index in [1.807, 2.05) is 24.3 Å². The highest BCUT2D eigenvalue weighted by molar-refractivity contribution is 6.06. The predicted octanol–water partition coefficient (Wildman–Crippen LogP) is 4.80. The Labute approximate surface area is 187 Å². The van der Waals surface area contributed by atoms with Crippen LogP contribution in [0.15, 0.2) is 59.8 Å². The van der Waals surface area contributed by atoms with Crippen molar-refractivity contribution >= 4 is 23.2 Å². The molecule has 0 radical (unpaired) electrons. The summed E-state index contributed by atoms with van der Waals surface area (Å²) in [6, 6.07) is 12.5. The molecule has 2 aromatic rings. The summed E-state index contributed by atoms with van der Waals surface area (Å²) in [7, 11) is 1.57. The molecule has 1 aliphatic heterocycles. The number of hydrogen-bond donors (Lipinski definition) is 2. The van der Waals surface area contributed by atoms with Gasteiger partial charge in [-0.2, -0.15) is 0 Å². The molecule has 0 fully saturated rings. The van der Waals surface area contributed by atoms with E-state index in [1.54, 1.807) is 24.1 Å². The number of rotatable bonds is 4. The van der Waals surface area contributed by atoms with Crippen LogP contribution >= 0.6 is 0 Å². The molecule has 0 aromatic heterocycles. The molecule has 2 N–H and O–H groups in total. The maximum Gasteiger partial charge on any atom is 0.322 e. The minimum absolute atomic E-state index is 0.0134. The van der Waals surface area contributed by atoms with Crippen molar-refractivity contribution in [3.05, 3.63) is 71.2 Å². The molecule has 0 saturated heterocycles. The molecule has 6 nitrogen and oxygen atoms in total. The van der Waals surface area contributed by atoms with Gasteiger partial charge in [-0.15, -0.1) is 0 Å². The fourth-order valence-corrected chi connectivity index (χ4v) is 4.52. The summed E-state index contributed by atoms with van der Waals surface area (Å²) in [6.07, 6.45) is 1.04. The van der Waals surface area contributed by atoms with Crippen LogP contribution in [0.5, 0.6) is 0 Å². The highest BCUT2D eigenvalue weighted by Crippen LogP contribution is 2.48. The molecule has 1 heterocycles. The molecule has 0 saturated carbocycles. The molecule has 2 aromatic carbocycles. The van der Waals surface area contributed by atoms with Crippen molar-refractivity contribution in [1.82, 2.24) is 5.32 Å². The van der Waals surface area contributed by atoms with Crippen LogP contribution in [0.3, 0.4) is 0 Å². The predicted molar refractivity (Wildman–Crippen MR) is 122 cm³/mol. The van der Waals surface area contributed by atoms with Crippen LogP contribution in [0.4, 0.5) is 20.6 Å². The average molecular weight is 438 g/mol. The van der Waals surface area contributed by atoms with Gasteiger partial charge in [0.25, 0.3) is 0 Å². The Hall–Kier alpha value is -3.19. The Bertz CT molecular complexity index is 1060. The number of anilines is 2. The number of para-hydroxylation sites is 2. The molecule has 4 rings (SSSR count). The first-order valence-corrected chi connectivity index (χ1v) is 10.7. The molecule has 2 aliphatic rings. The molecule has 168 valence electrons. The lowest BCUT2D eigenvalue weighted by atomic mass is 9.73. The number of urea groups is 1. The van der Waals surface area contributed by atoms with Crippen LogP contribution in [0, 0.1) is 11.2 Å². The quantitative estimate of drug-likeness (QED) is 0.675. The fraction of sp³-hybridized carbons (Fsp3) is 0.360. The monoisotopic (exact) mass is 437 g/mol. The summed E-state index contributed by atoms with van der Waals surface area (Å²) in [5, 5.41) is 6.33. The molecular formula is C25H28FN3O3. The van der Waals surface area contributed by atoms with E-state index in [-0.39, 0.29) is 23.0 Å². The smallest absolute Gasteiger partial charge is 0.322 e. The van der Waals surface area contributed by atoms with E-state index in [2.05, 4.69) is 24.5 Å². The van der Waals surface area contributed by atoms with Crippen LogP contribution in [0.2, 0.25) is 0 Å². The number of halogens is 1. The number of ether oxygens (including phenoxy) is 1. The van der Waals surface area contributed by atoms with Crippen molar-refractivity contribution in [2.24, 2.45) is 5.41 Å². The van der Waals surface area contributed by atoms with Gasteiger partial charge in [0, 0.05) is 31.3 Å². The molecule has 32 heavy (non-hydrogen) atoms. The minimum Gasteiger partial charge on any atom is -0.383 e. The van der Waals surface area contributed by atoms with Crippen molar-refractivity contribution in [1.29, 1.82) is 0 Å². The number of benzene rings is 2. The van der Waals surface area contributed by atoms with Crippen molar-refractivity contribution < 1.29 is 18.7 Å². The Morgan fingerprint density at radius 3 is 2.62 bits per heavy atom. The number of ketones is 1. The molecule has 0 unspecified atom stereocenters. The van der Waals surface area contributed by atoms with Crippen molar-refractivity contribution in [3.8, 4) is 0 Å². The molecule has 1 aliphatic carbocycles. The van der Waals surface area contributed by atoms with Crippen molar-refractivity contribution in [2.75, 3.05) is 30.5 Å². The van der Waals surface area contributed by atoms with Gasteiger partial charge in [0.2, 0.25) is 0 Å². The van der Waals surface area contributed by atoms with E-state index in [0.29, 0.717) is 42.8 Å². The number of amides is 2. The zero-order chi connectivity index (χ0) is 22.9. The van der Waals surface area contributed by atoms with Crippen LogP contribution in [-0.2, 0) is 9.53 Å². The number of hydrogen-bond acceptors (Lipinski definition) is 4. The minimum atomic E-state index is -0.687. The Morgan fingerprint density at radius 2 is 1.91 bits per heavy atom. The number of nitrogens with one attached hydrogen (secondary N) is 2. The summed E-state index contributed by atoms with van der Waals surface area (Å²) < 4.78 is 18.8. The zero-order valence-corrected chi connectivity index (χ0v) is 18.6. The van der Waals surface area contributed by atoms with Crippen LogP contribution < -0.4 is 15.5 Å². The molecule has 2 amide bonds. The summed E-state index contributed by atoms with van der Waals surface area (Å²) in [5.41, 5.74) is 3.22. The lowest BCUT2D eigenvalue weighted by molar-refractivity contribution is -0.118. The molecule has 1 atom stereocenters. The highest BCUT2D eigenvalue weighted by atomic mass is 19.1. The van der Waals surface area contributed by atoms with Gasteiger partial charge in [-0.25, -0.2) is 9.18 Å².